The molecule has 0 aliphatic heterocycles. The third kappa shape index (κ3) is 31.1. The number of aromatic nitrogens is 9. The molecule has 0 aliphatic rings. The Morgan fingerprint density at radius 2 is 1.07 bits per heavy atom. The fraction of sp³-hybridized carbons (Fsp3) is 0.476. The zero-order valence-corrected chi connectivity index (χ0v) is 51.3. The predicted molar refractivity (Wildman–Crippen MR) is 325 cm³/mol. The van der Waals surface area contributed by atoms with Gasteiger partial charge in [0.2, 0.25) is 0 Å². The first-order valence-electron chi connectivity index (χ1n) is 26.7. The lowest BCUT2D eigenvalue weighted by molar-refractivity contribution is 0.373. The molecule has 410 valence electrons. The highest BCUT2D eigenvalue weighted by atomic mass is 32.1. The van der Waals surface area contributed by atoms with Crippen molar-refractivity contribution in [2.24, 2.45) is 7.05 Å². The molecule has 8 rings (SSSR count). The van der Waals surface area contributed by atoms with E-state index in [1.807, 2.05) is 115 Å². The van der Waals surface area contributed by atoms with Crippen LogP contribution in [0.25, 0.3) is 0 Å². The number of thiophene rings is 1. The monoisotopic (exact) mass is 1060 g/mol. The Labute approximate surface area is 463 Å². The summed E-state index contributed by atoms with van der Waals surface area (Å²) in [7, 11) is 6.09. The van der Waals surface area contributed by atoms with Crippen LogP contribution in [0.15, 0.2) is 145 Å². The van der Waals surface area contributed by atoms with Crippen molar-refractivity contribution in [2.45, 2.75) is 172 Å². The summed E-state index contributed by atoms with van der Waals surface area (Å²) in [6.07, 6.45) is 21.0. The molecule has 8 aromatic rings. The maximum atomic E-state index is 4.30. The van der Waals surface area contributed by atoms with Gasteiger partial charge in [-0.15, -0.1) is 0 Å². The van der Waals surface area contributed by atoms with Crippen LogP contribution in [0, 0.1) is 6.92 Å². The van der Waals surface area contributed by atoms with Crippen LogP contribution in [0.3, 0.4) is 0 Å². The van der Waals surface area contributed by atoms with Gasteiger partial charge in [-0.25, -0.2) is 4.37 Å². The van der Waals surface area contributed by atoms with Gasteiger partial charge in [0.1, 0.15) is 0 Å². The highest BCUT2D eigenvalue weighted by Crippen LogP contribution is 2.18. The molecule has 0 aliphatic carbocycles. The molecule has 12 heteroatoms. The molecule has 75 heavy (non-hydrogen) atoms. The minimum Gasteiger partial charge on any atom is -0.308 e. The quantitative estimate of drug-likeness (QED) is 0.126. The second-order valence-electron chi connectivity index (χ2n) is 21.1. The Morgan fingerprint density at radius 1 is 0.480 bits per heavy atom. The smallest absolute Gasteiger partial charge is 0.0536 e. The Balaban J connectivity index is 0.000000430. The predicted octanol–water partition coefficient (Wildman–Crippen LogP) is 17.4. The molecule has 0 radical (unpaired) electrons. The molecule has 0 amide bonds. The van der Waals surface area contributed by atoms with Crippen LogP contribution in [-0.2, 0) is 13.6 Å². The van der Waals surface area contributed by atoms with Gasteiger partial charge in [0, 0.05) is 86.1 Å². The van der Waals surface area contributed by atoms with Gasteiger partial charge in [-0.3, -0.25) is 29.3 Å². The van der Waals surface area contributed by atoms with Crippen LogP contribution in [0.5, 0.6) is 0 Å². The zero-order valence-electron chi connectivity index (χ0n) is 49.7. The van der Waals surface area contributed by atoms with Gasteiger partial charge in [-0.2, -0.15) is 21.5 Å². The number of nitrogens with zero attached hydrogens (tertiary/aromatic N) is 10. The Hall–Kier alpha value is -5.69. The van der Waals surface area contributed by atoms with E-state index < -0.39 is 0 Å². The number of rotatable bonds is 11. The van der Waals surface area contributed by atoms with E-state index >= 15 is 0 Å². The largest absolute Gasteiger partial charge is 0.308 e. The average molecular weight is 1060 g/mol. The zero-order chi connectivity index (χ0) is 56.3. The maximum Gasteiger partial charge on any atom is 0.0536 e. The number of aryl methyl sites for hydroxylation is 2. The number of hydrogen-bond acceptors (Lipinski definition) is 10. The summed E-state index contributed by atoms with van der Waals surface area (Å²) < 4.78 is 7.82. The van der Waals surface area contributed by atoms with Crippen molar-refractivity contribution in [1.29, 1.82) is 0 Å². The van der Waals surface area contributed by atoms with Crippen molar-refractivity contribution in [3.63, 3.8) is 0 Å². The molecule has 0 fully saturated rings. The third-order valence-corrected chi connectivity index (χ3v) is 12.7. The summed E-state index contributed by atoms with van der Waals surface area (Å²) in [6.45, 7) is 38.9. The van der Waals surface area contributed by atoms with Gasteiger partial charge in [-0.05, 0) is 172 Å². The van der Waals surface area contributed by atoms with Crippen LogP contribution in [0.1, 0.15) is 208 Å². The standard InChI is InChI=1S/C10H19N3.C9H13N.3C8H11N.C7H12N2.C7H10S.C6H9NS/c1-9(2)10-7-11-13(8-10)6-5-12(3)4;1-7(2)9-8(3)5-4-6-10-9;1-7(2)8-3-5-9-6-4-8;1-7(2)8-4-3-5-9-6-8;1-7(2)8-5-3-4-6-9-8;1-6(2)7-4-8-9(3)5-7;1-6(2)7-3-4-8-5-7;1-5(2)6-3-7-8-4-6/h7-9H,5-6H2,1-4H3;4-7H,1-3H3;3*3-7H,1-2H3;4-6H,1-3H3;3-6H,1-2H3;3-5H,1-2H3. The number of hydrogen-bond donors (Lipinski definition) is 0. The van der Waals surface area contributed by atoms with E-state index in [-0.39, 0.29) is 0 Å². The van der Waals surface area contributed by atoms with Crippen molar-refractivity contribution in [3.8, 4) is 0 Å². The Morgan fingerprint density at radius 3 is 1.40 bits per heavy atom. The molecule has 8 heterocycles. The van der Waals surface area contributed by atoms with E-state index in [1.54, 1.807) is 17.5 Å². The lowest BCUT2D eigenvalue weighted by Crippen LogP contribution is -2.18. The number of likely N-dealkylation sites (N-methyl/N-ethyl adjacent to an activating group) is 1. The summed E-state index contributed by atoms with van der Waals surface area (Å²) in [5.74, 6) is 4.81. The third-order valence-electron chi connectivity index (χ3n) is 11.4. The average Bonchev–Trinajstić information content (AvgIpc) is 4.26. The van der Waals surface area contributed by atoms with Crippen molar-refractivity contribution in [1.82, 2.24) is 48.8 Å². The summed E-state index contributed by atoms with van der Waals surface area (Å²) in [6, 6.07) is 20.4. The molecular weight excluding hydrogens is 961 g/mol. The van der Waals surface area contributed by atoms with E-state index in [1.165, 1.54) is 56.2 Å². The van der Waals surface area contributed by atoms with Gasteiger partial charge in [-0.1, -0.05) is 129 Å². The molecule has 0 saturated heterocycles. The molecule has 0 aromatic carbocycles. The van der Waals surface area contributed by atoms with Crippen LogP contribution < -0.4 is 0 Å². The van der Waals surface area contributed by atoms with E-state index in [0.29, 0.717) is 47.3 Å². The molecule has 0 N–H and O–H groups in total. The maximum absolute atomic E-state index is 4.30. The van der Waals surface area contributed by atoms with E-state index in [4.69, 9.17) is 0 Å². The SMILES string of the molecule is CC(C)c1ccccn1.CC(C)c1cccnc1.CC(C)c1ccncc1.CC(C)c1ccsc1.CC(C)c1cnn(C)c1.CC(C)c1cnn(CCN(C)C)c1.CC(C)c1cnsc1.Cc1cccnc1C(C)C. The number of pyridine rings is 4. The van der Waals surface area contributed by atoms with Crippen molar-refractivity contribution in [3.05, 3.63) is 195 Å². The molecule has 0 spiro atoms. The molecular formula is C63H96N10S2. The highest BCUT2D eigenvalue weighted by Gasteiger charge is 2.04. The summed E-state index contributed by atoms with van der Waals surface area (Å²) in [4.78, 5) is 18.6. The van der Waals surface area contributed by atoms with Gasteiger partial charge < -0.3 is 4.90 Å². The van der Waals surface area contributed by atoms with Crippen LogP contribution in [0.2, 0.25) is 0 Å². The van der Waals surface area contributed by atoms with E-state index in [9.17, 15) is 0 Å². The first-order valence-corrected chi connectivity index (χ1v) is 28.5. The molecule has 10 nitrogen and oxygen atoms in total. The summed E-state index contributed by atoms with van der Waals surface area (Å²) in [5, 5.41) is 14.8. The molecule has 0 unspecified atom stereocenters. The van der Waals surface area contributed by atoms with Crippen LogP contribution in [-0.4, -0.2) is 69.4 Å². The van der Waals surface area contributed by atoms with Gasteiger partial charge in [0.05, 0.1) is 18.9 Å². The minimum atomic E-state index is 0.543. The molecule has 0 saturated carbocycles. The second kappa shape index (κ2) is 38.8. The van der Waals surface area contributed by atoms with Crippen molar-refractivity contribution in [2.75, 3.05) is 20.6 Å². The van der Waals surface area contributed by atoms with Crippen LogP contribution >= 0.6 is 22.9 Å². The first-order chi connectivity index (χ1) is 35.5. The molecule has 8 aromatic heterocycles. The normalized spacial score (nSPS) is 10.5. The van der Waals surface area contributed by atoms with E-state index in [0.717, 1.165) is 18.8 Å². The molecule has 0 atom stereocenters. The summed E-state index contributed by atoms with van der Waals surface area (Å²) in [5.41, 5.74) is 11.7. The Bertz CT molecular complexity index is 2370. The van der Waals surface area contributed by atoms with Crippen LogP contribution in [0.4, 0.5) is 0 Å². The second-order valence-corrected chi connectivity index (χ2v) is 22.5. The topological polar surface area (TPSA) is 103 Å². The van der Waals surface area contributed by atoms with E-state index in [2.05, 4.69) is 212 Å². The summed E-state index contributed by atoms with van der Waals surface area (Å²) >= 11 is 3.29. The highest BCUT2D eigenvalue weighted by molar-refractivity contribution is 7.08. The van der Waals surface area contributed by atoms with Crippen molar-refractivity contribution >= 4 is 22.9 Å². The van der Waals surface area contributed by atoms with Gasteiger partial charge >= 0.3 is 0 Å². The Kier molecular flexibility index (Phi) is 34.8. The van der Waals surface area contributed by atoms with Gasteiger partial charge in [0.15, 0.2) is 0 Å². The molecule has 0 bridgehead atoms. The minimum absolute atomic E-state index is 0.543. The van der Waals surface area contributed by atoms with Crippen molar-refractivity contribution < 1.29 is 0 Å². The fourth-order valence-corrected chi connectivity index (χ4v) is 7.75. The fourth-order valence-electron chi connectivity index (χ4n) is 6.23. The lowest BCUT2D eigenvalue weighted by atomic mass is 10.1. The van der Waals surface area contributed by atoms with Gasteiger partial charge in [0.25, 0.3) is 0 Å². The lowest BCUT2D eigenvalue weighted by Gasteiger charge is -2.08. The first kappa shape index (κ1) is 67.3.